The van der Waals surface area contributed by atoms with E-state index in [1.165, 1.54) is 11.0 Å². The molecule has 0 amide bonds. The maximum atomic E-state index is 13.3. The minimum absolute atomic E-state index is 0.157. The van der Waals surface area contributed by atoms with Gasteiger partial charge in [-0.2, -0.15) is 0 Å². The van der Waals surface area contributed by atoms with Crippen LogP contribution in [0, 0.1) is 12.7 Å². The second-order valence-electron chi connectivity index (χ2n) is 4.00. The number of nitrogens with one attached hydrogen (secondary N) is 1. The van der Waals surface area contributed by atoms with Crippen LogP contribution in [0.2, 0.25) is 0 Å². The Morgan fingerprint density at radius 3 is 2.61 bits per heavy atom. The summed E-state index contributed by atoms with van der Waals surface area (Å²) < 4.78 is 13.3. The van der Waals surface area contributed by atoms with Gasteiger partial charge in [-0.1, -0.05) is 24.3 Å². The van der Waals surface area contributed by atoms with Crippen LogP contribution in [0.1, 0.15) is 5.56 Å². The molecule has 2 aromatic rings. The van der Waals surface area contributed by atoms with Gasteiger partial charge in [-0.15, -0.1) is 11.8 Å². The zero-order valence-corrected chi connectivity index (χ0v) is 11.1. The highest BCUT2D eigenvalue weighted by molar-refractivity contribution is 7.99. The molecule has 0 aromatic heterocycles. The van der Waals surface area contributed by atoms with Crippen LogP contribution in [0.15, 0.2) is 53.4 Å². The first-order valence-corrected chi connectivity index (χ1v) is 6.93. The van der Waals surface area contributed by atoms with Crippen LogP contribution < -0.4 is 5.32 Å². The minimum Gasteiger partial charge on any atom is -0.384 e. The van der Waals surface area contributed by atoms with Gasteiger partial charge in [0.25, 0.3) is 0 Å². The molecule has 0 bridgehead atoms. The van der Waals surface area contributed by atoms with Crippen LogP contribution in [0.25, 0.3) is 0 Å². The van der Waals surface area contributed by atoms with Crippen LogP contribution in [-0.2, 0) is 0 Å². The Morgan fingerprint density at radius 1 is 1.06 bits per heavy atom. The van der Waals surface area contributed by atoms with E-state index in [0.717, 1.165) is 18.0 Å². The van der Waals surface area contributed by atoms with E-state index in [0.29, 0.717) is 5.56 Å². The normalized spacial score (nSPS) is 10.3. The van der Waals surface area contributed by atoms with E-state index in [2.05, 4.69) is 17.4 Å². The number of thioether (sulfide) groups is 1. The molecule has 0 atom stereocenters. The van der Waals surface area contributed by atoms with E-state index >= 15 is 0 Å². The summed E-state index contributed by atoms with van der Waals surface area (Å²) in [5, 5.41) is 3.26. The summed E-state index contributed by atoms with van der Waals surface area (Å²) in [5.74, 6) is 0.802. The predicted octanol–water partition coefficient (Wildman–Crippen LogP) is 4.34. The number of anilines is 1. The zero-order valence-electron chi connectivity index (χ0n) is 10.3. The van der Waals surface area contributed by atoms with Gasteiger partial charge < -0.3 is 5.32 Å². The topological polar surface area (TPSA) is 12.0 Å². The van der Waals surface area contributed by atoms with Gasteiger partial charge in [-0.05, 0) is 31.2 Å². The van der Waals surface area contributed by atoms with Crippen molar-refractivity contribution < 1.29 is 4.39 Å². The van der Waals surface area contributed by atoms with Crippen LogP contribution >= 0.6 is 11.8 Å². The standard InChI is InChI=1S/C15H16FNS/c1-12-14(16)8-5-9-15(12)17-10-11-18-13-6-3-2-4-7-13/h2-9,17H,10-11H2,1H3. The fourth-order valence-corrected chi connectivity index (χ4v) is 2.46. The second kappa shape index (κ2) is 6.45. The van der Waals surface area contributed by atoms with Crippen molar-refractivity contribution in [2.24, 2.45) is 0 Å². The highest BCUT2D eigenvalue weighted by Gasteiger charge is 2.02. The van der Waals surface area contributed by atoms with Crippen molar-refractivity contribution in [2.75, 3.05) is 17.6 Å². The van der Waals surface area contributed by atoms with Crippen molar-refractivity contribution in [3.63, 3.8) is 0 Å². The number of benzene rings is 2. The van der Waals surface area contributed by atoms with E-state index in [9.17, 15) is 4.39 Å². The maximum absolute atomic E-state index is 13.3. The molecule has 0 spiro atoms. The minimum atomic E-state index is -0.157. The van der Waals surface area contributed by atoms with Crippen molar-refractivity contribution >= 4 is 17.4 Å². The lowest BCUT2D eigenvalue weighted by Gasteiger charge is -2.09. The van der Waals surface area contributed by atoms with E-state index in [-0.39, 0.29) is 5.82 Å². The molecule has 0 fully saturated rings. The Kier molecular flexibility index (Phi) is 4.65. The molecule has 2 aromatic carbocycles. The molecule has 0 heterocycles. The summed E-state index contributed by atoms with van der Waals surface area (Å²) in [5.41, 5.74) is 1.56. The Balaban J connectivity index is 1.81. The number of hydrogen-bond acceptors (Lipinski definition) is 2. The van der Waals surface area contributed by atoms with Gasteiger partial charge in [0.1, 0.15) is 5.82 Å². The molecule has 1 nitrogen and oxygen atoms in total. The third-order valence-corrected chi connectivity index (χ3v) is 3.71. The molecule has 0 aliphatic rings. The van der Waals surface area contributed by atoms with Crippen molar-refractivity contribution in [1.82, 2.24) is 0 Å². The average molecular weight is 261 g/mol. The first-order valence-electron chi connectivity index (χ1n) is 5.94. The Labute approximate surface area is 111 Å². The fraction of sp³-hybridized carbons (Fsp3) is 0.200. The van der Waals surface area contributed by atoms with Gasteiger partial charge in [0.15, 0.2) is 0 Å². The van der Waals surface area contributed by atoms with Gasteiger partial charge in [0.05, 0.1) is 0 Å². The lowest BCUT2D eigenvalue weighted by molar-refractivity contribution is 0.619. The van der Waals surface area contributed by atoms with Gasteiger partial charge in [0.2, 0.25) is 0 Å². The van der Waals surface area contributed by atoms with Gasteiger partial charge in [-0.25, -0.2) is 4.39 Å². The van der Waals surface area contributed by atoms with Crippen molar-refractivity contribution in [3.8, 4) is 0 Å². The van der Waals surface area contributed by atoms with Crippen LogP contribution in [0.4, 0.5) is 10.1 Å². The van der Waals surface area contributed by atoms with E-state index in [1.807, 2.05) is 24.3 Å². The highest BCUT2D eigenvalue weighted by atomic mass is 32.2. The van der Waals surface area contributed by atoms with Gasteiger partial charge in [0, 0.05) is 28.4 Å². The smallest absolute Gasteiger partial charge is 0.128 e. The Bertz CT molecular complexity index is 499. The monoisotopic (exact) mass is 261 g/mol. The van der Waals surface area contributed by atoms with Crippen molar-refractivity contribution in [3.05, 3.63) is 59.9 Å². The van der Waals surface area contributed by atoms with Gasteiger partial charge >= 0.3 is 0 Å². The summed E-state index contributed by atoms with van der Waals surface area (Å²) in [6.07, 6.45) is 0. The molecule has 0 saturated carbocycles. The molecule has 0 aliphatic heterocycles. The summed E-state index contributed by atoms with van der Waals surface area (Å²) in [6.45, 7) is 2.62. The van der Waals surface area contributed by atoms with Crippen molar-refractivity contribution in [2.45, 2.75) is 11.8 Å². The molecular weight excluding hydrogens is 245 g/mol. The zero-order chi connectivity index (χ0) is 12.8. The Morgan fingerprint density at radius 2 is 1.83 bits per heavy atom. The third-order valence-electron chi connectivity index (χ3n) is 2.70. The first kappa shape index (κ1) is 13.0. The van der Waals surface area contributed by atoms with Crippen LogP contribution in [0.3, 0.4) is 0 Å². The van der Waals surface area contributed by atoms with E-state index in [1.54, 1.807) is 24.8 Å². The highest BCUT2D eigenvalue weighted by Crippen LogP contribution is 2.19. The molecule has 1 N–H and O–H groups in total. The summed E-state index contributed by atoms with van der Waals surface area (Å²) in [7, 11) is 0. The molecule has 0 aliphatic carbocycles. The first-order chi connectivity index (χ1) is 8.77. The number of hydrogen-bond donors (Lipinski definition) is 1. The predicted molar refractivity (Wildman–Crippen MR) is 76.8 cm³/mol. The van der Waals surface area contributed by atoms with E-state index in [4.69, 9.17) is 0 Å². The molecule has 18 heavy (non-hydrogen) atoms. The lowest BCUT2D eigenvalue weighted by atomic mass is 10.2. The average Bonchev–Trinajstić information content (AvgIpc) is 2.40. The lowest BCUT2D eigenvalue weighted by Crippen LogP contribution is -2.05. The largest absolute Gasteiger partial charge is 0.384 e. The number of rotatable bonds is 5. The van der Waals surface area contributed by atoms with Crippen LogP contribution in [0.5, 0.6) is 0 Å². The molecule has 94 valence electrons. The summed E-state index contributed by atoms with van der Waals surface area (Å²) in [4.78, 5) is 1.26. The Hall–Kier alpha value is -1.48. The van der Waals surface area contributed by atoms with Gasteiger partial charge in [-0.3, -0.25) is 0 Å². The maximum Gasteiger partial charge on any atom is 0.128 e. The molecule has 0 saturated heterocycles. The fourth-order valence-electron chi connectivity index (χ4n) is 1.67. The second-order valence-corrected chi connectivity index (χ2v) is 5.17. The third kappa shape index (κ3) is 3.50. The van der Waals surface area contributed by atoms with Crippen LogP contribution in [-0.4, -0.2) is 12.3 Å². The molecule has 0 radical (unpaired) electrons. The molecule has 2 rings (SSSR count). The summed E-state index contributed by atoms with van der Waals surface area (Å²) >= 11 is 1.79. The van der Waals surface area contributed by atoms with E-state index < -0.39 is 0 Å². The van der Waals surface area contributed by atoms with Crippen molar-refractivity contribution in [1.29, 1.82) is 0 Å². The molecular formula is C15H16FNS. The molecule has 0 unspecified atom stereocenters. The SMILES string of the molecule is Cc1c(F)cccc1NCCSc1ccccc1. The molecule has 3 heteroatoms. The number of halogens is 1. The summed E-state index contributed by atoms with van der Waals surface area (Å²) in [6, 6.07) is 15.4. The quantitative estimate of drug-likeness (QED) is 0.635.